The van der Waals surface area contributed by atoms with E-state index in [-0.39, 0.29) is 5.41 Å². The lowest BCUT2D eigenvalue weighted by molar-refractivity contribution is 0.232. The van der Waals surface area contributed by atoms with Crippen molar-refractivity contribution in [1.29, 1.82) is 0 Å². The summed E-state index contributed by atoms with van der Waals surface area (Å²) in [6.07, 6.45) is 7.36. The van der Waals surface area contributed by atoms with Crippen LogP contribution < -0.4 is 10.2 Å². The Labute approximate surface area is 153 Å². The van der Waals surface area contributed by atoms with Crippen LogP contribution in [0, 0.1) is 5.41 Å². The molecule has 2 N–H and O–H groups in total. The number of hydrogen-bond acceptors (Lipinski definition) is 6. The molecule has 4 fully saturated rings. The highest BCUT2D eigenvalue weighted by atomic mass is 31.2. The van der Waals surface area contributed by atoms with Crippen LogP contribution in [-0.2, 0) is 4.57 Å². The van der Waals surface area contributed by atoms with Crippen molar-refractivity contribution in [3.05, 3.63) is 24.0 Å². The molecule has 7 nitrogen and oxygen atoms in total. The van der Waals surface area contributed by atoms with Crippen LogP contribution in [0.5, 0.6) is 0 Å². The van der Waals surface area contributed by atoms with Crippen molar-refractivity contribution >= 4 is 24.7 Å². The second-order valence-electron chi connectivity index (χ2n) is 8.77. The van der Waals surface area contributed by atoms with Crippen molar-refractivity contribution in [3.63, 3.8) is 0 Å². The monoisotopic (exact) mass is 372 g/mol. The number of nitrogens with zero attached hydrogens (tertiary/aromatic N) is 4. The first-order chi connectivity index (χ1) is 12.4. The van der Waals surface area contributed by atoms with E-state index in [1.807, 2.05) is 19.4 Å². The van der Waals surface area contributed by atoms with Crippen LogP contribution in [0.3, 0.4) is 0 Å². The Hall–Kier alpha value is -1.88. The van der Waals surface area contributed by atoms with Gasteiger partial charge in [-0.1, -0.05) is 0 Å². The summed E-state index contributed by atoms with van der Waals surface area (Å²) >= 11 is 0. The normalized spacial score (nSPS) is 27.5. The Kier molecular flexibility index (Phi) is 3.48. The van der Waals surface area contributed by atoms with Crippen LogP contribution >= 0.6 is 7.14 Å². The molecule has 0 unspecified atom stereocenters. The van der Waals surface area contributed by atoms with E-state index < -0.39 is 7.14 Å². The molecule has 4 aliphatic rings. The highest BCUT2D eigenvalue weighted by Gasteiger charge is 2.56. The maximum atomic E-state index is 12.3. The molecule has 138 valence electrons. The van der Waals surface area contributed by atoms with Crippen molar-refractivity contribution in [1.82, 2.24) is 20.2 Å². The summed E-state index contributed by atoms with van der Waals surface area (Å²) in [4.78, 5) is 11.5. The zero-order valence-corrected chi connectivity index (χ0v) is 16.2. The second-order valence-corrected chi connectivity index (χ2v) is 12.2. The Morgan fingerprint density at radius 3 is 2.88 bits per heavy atom. The third-order valence-corrected chi connectivity index (χ3v) is 7.20. The number of anilines is 3. The van der Waals surface area contributed by atoms with E-state index in [0.717, 1.165) is 43.1 Å². The minimum Gasteiger partial charge on any atom is -0.337 e. The molecule has 0 spiro atoms. The molecule has 2 aromatic rings. The Balaban J connectivity index is 1.30. The average molecular weight is 372 g/mol. The van der Waals surface area contributed by atoms with Gasteiger partial charge in [-0.25, -0.2) is 4.98 Å². The fourth-order valence-electron chi connectivity index (χ4n) is 4.69. The molecule has 4 heterocycles. The van der Waals surface area contributed by atoms with Gasteiger partial charge in [0, 0.05) is 42.6 Å². The first-order valence-electron chi connectivity index (χ1n) is 9.35. The number of hydrogen-bond donors (Lipinski definition) is 2. The highest BCUT2D eigenvalue weighted by molar-refractivity contribution is 7.62. The van der Waals surface area contributed by atoms with Crippen molar-refractivity contribution in [3.8, 4) is 0 Å². The zero-order valence-electron chi connectivity index (χ0n) is 15.3. The summed E-state index contributed by atoms with van der Waals surface area (Å²) in [6.45, 7) is 4.72. The standard InChI is InChI=1S/C18H25N6OP/c1-26(2,25)11-18-8-13(9-18)24(10-18)17-19-6-5-15(21-17)20-16-7-14(22-23-16)12-3-4-12/h5-7,12-13H,3-4,8-11H2,1-2H3,(H2,19,20,21,22,23). The quantitative estimate of drug-likeness (QED) is 0.756. The lowest BCUT2D eigenvalue weighted by atomic mass is 9.72. The molecule has 0 radical (unpaired) electrons. The van der Waals surface area contributed by atoms with Crippen LogP contribution in [0.15, 0.2) is 18.3 Å². The summed E-state index contributed by atoms with van der Waals surface area (Å²) in [6, 6.07) is 4.43. The summed E-state index contributed by atoms with van der Waals surface area (Å²) in [5.41, 5.74) is 1.41. The molecule has 8 heteroatoms. The maximum Gasteiger partial charge on any atom is 0.227 e. The van der Waals surface area contributed by atoms with E-state index >= 15 is 0 Å². The second kappa shape index (κ2) is 5.56. The number of aromatic nitrogens is 4. The molecule has 2 saturated carbocycles. The molecular formula is C18H25N6OP. The predicted octanol–water partition coefficient (Wildman–Crippen LogP) is 3.41. The lowest BCUT2D eigenvalue weighted by Crippen LogP contribution is -2.37. The van der Waals surface area contributed by atoms with Gasteiger partial charge in [0.2, 0.25) is 5.95 Å². The molecule has 2 bridgehead atoms. The predicted molar refractivity (Wildman–Crippen MR) is 103 cm³/mol. The number of H-pyrrole nitrogens is 1. The van der Waals surface area contributed by atoms with Crippen LogP contribution in [0.2, 0.25) is 0 Å². The average Bonchev–Trinajstić information content (AvgIpc) is 3.04. The molecule has 2 aliphatic carbocycles. The Bertz CT molecular complexity index is 879. The lowest BCUT2D eigenvalue weighted by Gasteiger charge is -2.37. The maximum absolute atomic E-state index is 12.3. The van der Waals surface area contributed by atoms with Gasteiger partial charge in [-0.2, -0.15) is 10.1 Å². The van der Waals surface area contributed by atoms with E-state index in [1.54, 1.807) is 6.20 Å². The fourth-order valence-corrected chi connectivity index (χ4v) is 6.67. The van der Waals surface area contributed by atoms with Gasteiger partial charge in [-0.3, -0.25) is 5.10 Å². The van der Waals surface area contributed by atoms with Crippen molar-refractivity contribution < 1.29 is 4.57 Å². The Morgan fingerprint density at radius 2 is 2.15 bits per heavy atom. The van der Waals surface area contributed by atoms with E-state index in [4.69, 9.17) is 4.98 Å². The van der Waals surface area contributed by atoms with Gasteiger partial charge >= 0.3 is 0 Å². The van der Waals surface area contributed by atoms with Gasteiger partial charge < -0.3 is 14.8 Å². The molecule has 6 rings (SSSR count). The molecule has 0 aromatic carbocycles. The first kappa shape index (κ1) is 16.3. The third-order valence-electron chi connectivity index (χ3n) is 5.77. The number of rotatable bonds is 6. The molecular weight excluding hydrogens is 347 g/mol. The molecule has 2 aromatic heterocycles. The van der Waals surface area contributed by atoms with Crippen LogP contribution in [0.25, 0.3) is 0 Å². The highest BCUT2D eigenvalue weighted by Crippen LogP contribution is 2.58. The van der Waals surface area contributed by atoms with Gasteiger partial charge in [0.1, 0.15) is 5.82 Å². The van der Waals surface area contributed by atoms with E-state index in [0.29, 0.717) is 12.0 Å². The first-order valence-corrected chi connectivity index (χ1v) is 12.1. The van der Waals surface area contributed by atoms with Gasteiger partial charge in [-0.05, 0) is 50.5 Å². The summed E-state index contributed by atoms with van der Waals surface area (Å²) in [7, 11) is -2.01. The van der Waals surface area contributed by atoms with Crippen molar-refractivity contribution in [2.24, 2.45) is 5.41 Å². The van der Waals surface area contributed by atoms with Gasteiger partial charge in [0.15, 0.2) is 5.82 Å². The van der Waals surface area contributed by atoms with E-state index in [1.165, 1.54) is 18.5 Å². The SMILES string of the molecule is CP(C)(=O)CC12CC(C1)N(c1nccc(Nc3cc(C4CC4)[nH]n3)n1)C2. The molecule has 0 amide bonds. The summed E-state index contributed by atoms with van der Waals surface area (Å²) in [5, 5.41) is 10.7. The molecule has 0 atom stereocenters. The Morgan fingerprint density at radius 1 is 1.35 bits per heavy atom. The largest absolute Gasteiger partial charge is 0.337 e. The topological polar surface area (TPSA) is 86.8 Å². The number of nitrogens with one attached hydrogen (secondary N) is 2. The van der Waals surface area contributed by atoms with Crippen LogP contribution in [0.1, 0.15) is 37.3 Å². The minimum atomic E-state index is -2.01. The third kappa shape index (κ3) is 3.02. The van der Waals surface area contributed by atoms with Crippen molar-refractivity contribution in [2.45, 2.75) is 37.6 Å². The van der Waals surface area contributed by atoms with E-state index in [2.05, 4.69) is 31.5 Å². The number of fused-ring (bicyclic) bond motifs is 1. The van der Waals surface area contributed by atoms with E-state index in [9.17, 15) is 4.57 Å². The van der Waals surface area contributed by atoms with Gasteiger partial charge in [0.05, 0.1) is 7.14 Å². The zero-order chi connectivity index (χ0) is 17.9. The summed E-state index contributed by atoms with van der Waals surface area (Å²) < 4.78 is 12.3. The molecule has 2 aliphatic heterocycles. The molecule has 2 saturated heterocycles. The summed E-state index contributed by atoms with van der Waals surface area (Å²) in [5.74, 6) is 2.98. The van der Waals surface area contributed by atoms with Crippen LogP contribution in [-0.4, -0.2) is 52.2 Å². The fraction of sp³-hybridized carbons (Fsp3) is 0.611. The van der Waals surface area contributed by atoms with Gasteiger partial charge in [-0.15, -0.1) is 0 Å². The van der Waals surface area contributed by atoms with Crippen molar-refractivity contribution in [2.75, 3.05) is 36.3 Å². The smallest absolute Gasteiger partial charge is 0.227 e. The van der Waals surface area contributed by atoms with Gasteiger partial charge in [0.25, 0.3) is 0 Å². The minimum absolute atomic E-state index is 0.206. The van der Waals surface area contributed by atoms with Crippen LogP contribution in [0.4, 0.5) is 17.6 Å². The number of aromatic amines is 1. The molecule has 26 heavy (non-hydrogen) atoms.